The third-order valence-corrected chi connectivity index (χ3v) is 0. The number of halogens is 1. The van der Waals surface area contributed by atoms with Crippen LogP contribution in [0.1, 0.15) is 0 Å². The molecule has 0 saturated carbocycles. The first-order chi connectivity index (χ1) is 1.00. The van der Waals surface area contributed by atoms with Crippen LogP contribution in [-0.2, 0) is 0 Å². The van der Waals surface area contributed by atoms with Gasteiger partial charge in [0.15, 0.2) is 0 Å². The van der Waals surface area contributed by atoms with Gasteiger partial charge in [0.05, 0.1) is 0 Å². The van der Waals surface area contributed by atoms with Crippen molar-refractivity contribution in [2.75, 3.05) is 0 Å². The van der Waals surface area contributed by atoms with Crippen LogP contribution in [0.4, 0.5) is 0 Å². The summed E-state index contributed by atoms with van der Waals surface area (Å²) in [6.45, 7) is 0. The van der Waals surface area contributed by atoms with E-state index in [-0.39, 0.29) is 44.9 Å². The molecule has 8 radical (unpaired) electrons. The fraction of sp³-hybridized carbons (Fsp3) is 0. The Kier molecular flexibility index (Phi) is 75.4. The van der Waals surface area contributed by atoms with E-state index in [1.165, 1.54) is 0 Å². The molecule has 0 bridgehead atoms. The molecule has 22 valence electrons. The minimum absolute atomic E-state index is 0. The van der Waals surface area contributed by atoms with Crippen molar-refractivity contribution in [1.82, 2.24) is 0 Å². The summed E-state index contributed by atoms with van der Waals surface area (Å²) >= 11 is 5.97. The van der Waals surface area contributed by atoms with Crippen LogP contribution >= 0.6 is 25.9 Å². The van der Waals surface area contributed by atoms with Gasteiger partial charge in [-0.15, -0.1) is 11.1 Å². The summed E-state index contributed by atoms with van der Waals surface area (Å²) in [4.78, 5) is 0. The van der Waals surface area contributed by atoms with Gasteiger partial charge in [-0.2, -0.15) is 0 Å². The van der Waals surface area contributed by atoms with Gasteiger partial charge in [0.1, 0.15) is 0 Å². The molecule has 4 heteroatoms. The van der Waals surface area contributed by atoms with Crippen LogP contribution in [0.25, 0.3) is 0 Å². The van der Waals surface area contributed by atoms with Gasteiger partial charge in [-0.3, -0.25) is 0 Å². The van der Waals surface area contributed by atoms with Gasteiger partial charge < -0.3 is 0 Å². The van der Waals surface area contributed by atoms with E-state index in [4.69, 9.17) is 0 Å². The summed E-state index contributed by atoms with van der Waals surface area (Å²) < 4.78 is 0. The van der Waals surface area contributed by atoms with Crippen molar-refractivity contribution in [3.05, 3.63) is 0 Å². The second-order valence-corrected chi connectivity index (χ2v) is 0. The van der Waals surface area contributed by atoms with Gasteiger partial charge in [0.2, 0.25) is 0 Å². The molecule has 0 nitrogen and oxygen atoms in total. The van der Waals surface area contributed by atoms with Crippen LogP contribution in [0.5, 0.6) is 0 Å². The van der Waals surface area contributed by atoms with E-state index in [0.717, 1.165) is 0 Å². The Labute approximate surface area is 69.9 Å². The van der Waals surface area contributed by atoms with E-state index < -0.39 is 0 Å². The van der Waals surface area contributed by atoms with Gasteiger partial charge in [-0.1, -0.05) is 0 Å². The SMILES string of the molecule is SBr.[Ge].[Pb]. The standard InChI is InChI=1S/BrHS.Ge.Pb/c1-2;;/h2H;;. The van der Waals surface area contributed by atoms with Gasteiger partial charge in [0, 0.05) is 44.9 Å². The van der Waals surface area contributed by atoms with Gasteiger partial charge in [-0.25, -0.2) is 0 Å². The van der Waals surface area contributed by atoms with Crippen molar-refractivity contribution in [2.24, 2.45) is 0 Å². The van der Waals surface area contributed by atoms with E-state index in [0.29, 0.717) is 0 Å². The second-order valence-electron chi connectivity index (χ2n) is 0. The molecular weight excluding hydrogens is 392 g/mol. The monoisotopic (exact) mass is 394 g/mol. The van der Waals surface area contributed by atoms with Gasteiger partial charge in [0.25, 0.3) is 0 Å². The minimum atomic E-state index is 0. The van der Waals surface area contributed by atoms with E-state index >= 15 is 0 Å². The van der Waals surface area contributed by atoms with Crippen LogP contribution in [0.3, 0.4) is 0 Å². The minimum Gasteiger partial charge on any atom is -0.101 e. The number of rotatable bonds is 0. The maximum atomic E-state index is 3.34. The quantitative estimate of drug-likeness (QED) is 0.449. The van der Waals surface area contributed by atoms with Crippen molar-refractivity contribution in [3.63, 3.8) is 0 Å². The Morgan fingerprint density at radius 1 is 1.25 bits per heavy atom. The molecule has 0 aliphatic carbocycles. The van der Waals surface area contributed by atoms with E-state index in [9.17, 15) is 0 Å². The summed E-state index contributed by atoms with van der Waals surface area (Å²) in [6, 6.07) is 0. The average Bonchev–Trinajstić information content (AvgIpc) is 1.00. The summed E-state index contributed by atoms with van der Waals surface area (Å²) in [6.07, 6.45) is 0. The molecule has 0 rings (SSSR count). The molecule has 0 spiro atoms. The van der Waals surface area contributed by atoms with Crippen molar-refractivity contribution in [2.45, 2.75) is 0 Å². The Morgan fingerprint density at radius 3 is 1.25 bits per heavy atom. The summed E-state index contributed by atoms with van der Waals surface area (Å²) in [5.41, 5.74) is 0. The third-order valence-electron chi connectivity index (χ3n) is 0. The third kappa shape index (κ3) is 8.85. The molecular formula is HBrGePbS. The Hall–Kier alpha value is 2.29. The molecule has 0 fully saturated rings. The maximum absolute atomic E-state index is 3.34. The number of thiol groups is 1. The molecule has 0 aromatic rings. The predicted molar refractivity (Wildman–Crippen MR) is 29.4 cm³/mol. The first-order valence-corrected chi connectivity index (χ1v) is 2.63. The van der Waals surface area contributed by atoms with E-state index in [2.05, 4.69) is 25.9 Å². The molecule has 0 N–H and O–H groups in total. The van der Waals surface area contributed by atoms with Crippen LogP contribution in [-0.4, -0.2) is 44.9 Å². The smallest absolute Gasteiger partial charge is 0 e. The van der Waals surface area contributed by atoms with Crippen LogP contribution in [0.15, 0.2) is 0 Å². The molecule has 0 amide bonds. The maximum Gasteiger partial charge on any atom is 0 e. The zero-order valence-corrected chi connectivity index (χ0v) is 10.3. The number of hydrogen-bond donors (Lipinski definition) is 1. The molecule has 0 saturated heterocycles. The van der Waals surface area contributed by atoms with E-state index in [1.807, 2.05) is 0 Å². The zero-order chi connectivity index (χ0) is 2.00. The number of hydrogen-bond acceptors (Lipinski definition) is 1. The Morgan fingerprint density at radius 2 is 1.25 bits per heavy atom. The summed E-state index contributed by atoms with van der Waals surface area (Å²) in [7, 11) is 0. The van der Waals surface area contributed by atoms with Gasteiger partial charge >= 0.3 is 0 Å². The van der Waals surface area contributed by atoms with E-state index in [1.54, 1.807) is 0 Å². The molecule has 4 heavy (non-hydrogen) atoms. The summed E-state index contributed by atoms with van der Waals surface area (Å²) in [5.74, 6) is 0. The fourth-order valence-corrected chi connectivity index (χ4v) is 0. The van der Waals surface area contributed by atoms with Gasteiger partial charge in [-0.05, 0) is 14.8 Å². The van der Waals surface area contributed by atoms with Crippen molar-refractivity contribution < 1.29 is 0 Å². The first kappa shape index (κ1) is 16.3. The Bertz CT molecular complexity index is 8.00. The normalized spacial score (nSPS) is 1.50. The molecule has 0 unspecified atom stereocenters. The predicted octanol–water partition coefficient (Wildman–Crippen LogP) is 0.464. The van der Waals surface area contributed by atoms with Crippen molar-refractivity contribution in [1.29, 1.82) is 0 Å². The molecule has 0 atom stereocenters. The van der Waals surface area contributed by atoms with Crippen LogP contribution in [0.2, 0.25) is 0 Å². The second kappa shape index (κ2) is 18.5. The molecule has 0 aromatic carbocycles. The van der Waals surface area contributed by atoms with Crippen LogP contribution in [0, 0.1) is 0 Å². The largest absolute Gasteiger partial charge is 0.101 e. The Balaban J connectivity index is -0.00000000500. The zero-order valence-electron chi connectivity index (χ0n) is 1.83. The fourth-order valence-electron chi connectivity index (χ4n) is 0. The van der Waals surface area contributed by atoms with Crippen molar-refractivity contribution >= 4 is 70.8 Å². The van der Waals surface area contributed by atoms with Crippen molar-refractivity contribution in [3.8, 4) is 0 Å². The molecule has 0 aromatic heterocycles. The first-order valence-electron chi connectivity index (χ1n) is 0.169. The molecule has 0 heterocycles. The summed E-state index contributed by atoms with van der Waals surface area (Å²) in [5, 5.41) is 0. The topological polar surface area (TPSA) is 0 Å². The van der Waals surface area contributed by atoms with Crippen LogP contribution < -0.4 is 0 Å². The molecule has 0 aliphatic heterocycles. The average molecular weight is 393 g/mol. The molecule has 0 aliphatic rings.